The molecule has 1 aromatic heterocycles. The van der Waals surface area contributed by atoms with E-state index in [9.17, 15) is 4.79 Å². The molecule has 158 valence electrons. The number of pyridine rings is 1. The number of amides is 1. The van der Waals surface area contributed by atoms with Gasteiger partial charge in [-0.05, 0) is 42.7 Å². The molecule has 1 aliphatic carbocycles. The van der Waals surface area contributed by atoms with E-state index in [0.29, 0.717) is 11.8 Å². The molecule has 2 saturated heterocycles. The van der Waals surface area contributed by atoms with Crippen LogP contribution in [0.2, 0.25) is 0 Å². The number of likely N-dealkylation sites (tertiary alicyclic amines) is 1. The second-order valence-corrected chi connectivity index (χ2v) is 8.45. The summed E-state index contributed by atoms with van der Waals surface area (Å²) < 4.78 is 11.6. The van der Waals surface area contributed by atoms with E-state index in [2.05, 4.69) is 34.1 Å². The molecule has 0 bridgehead atoms. The fraction of sp³-hybridized carbons (Fsp3) is 0.500. The van der Waals surface area contributed by atoms with E-state index in [4.69, 9.17) is 9.47 Å². The lowest BCUT2D eigenvalue weighted by Crippen LogP contribution is -2.42. The van der Waals surface area contributed by atoms with Crippen LogP contribution in [0.15, 0.2) is 42.6 Å². The number of piperidine rings is 1. The van der Waals surface area contributed by atoms with Gasteiger partial charge in [-0.1, -0.05) is 12.1 Å². The van der Waals surface area contributed by atoms with Crippen LogP contribution in [0.25, 0.3) is 11.1 Å². The van der Waals surface area contributed by atoms with Gasteiger partial charge < -0.3 is 19.3 Å². The number of rotatable bonds is 5. The maximum absolute atomic E-state index is 12.2. The maximum Gasteiger partial charge on any atom is 0.225 e. The van der Waals surface area contributed by atoms with E-state index in [-0.39, 0.29) is 6.10 Å². The molecule has 0 unspecified atom stereocenters. The average molecular weight is 408 g/mol. The van der Waals surface area contributed by atoms with Crippen LogP contribution in [0.3, 0.4) is 0 Å². The molecule has 3 heterocycles. The molecule has 0 N–H and O–H groups in total. The smallest absolute Gasteiger partial charge is 0.225 e. The second kappa shape index (κ2) is 8.64. The molecule has 1 saturated carbocycles. The zero-order valence-electron chi connectivity index (χ0n) is 17.3. The number of hydrogen-bond donors (Lipinski definition) is 0. The van der Waals surface area contributed by atoms with Crippen LogP contribution in [-0.4, -0.2) is 61.3 Å². The number of anilines is 1. The van der Waals surface area contributed by atoms with Gasteiger partial charge in [0, 0.05) is 56.7 Å². The topological polar surface area (TPSA) is 54.9 Å². The first-order valence-electron chi connectivity index (χ1n) is 11.1. The van der Waals surface area contributed by atoms with Gasteiger partial charge in [-0.15, -0.1) is 0 Å². The van der Waals surface area contributed by atoms with Gasteiger partial charge in [-0.3, -0.25) is 4.79 Å². The van der Waals surface area contributed by atoms with E-state index >= 15 is 0 Å². The van der Waals surface area contributed by atoms with Crippen molar-refractivity contribution in [3.8, 4) is 16.9 Å². The summed E-state index contributed by atoms with van der Waals surface area (Å²) in [5.74, 6) is 2.57. The van der Waals surface area contributed by atoms with Crippen molar-refractivity contribution in [2.24, 2.45) is 5.92 Å². The minimum absolute atomic E-state index is 0.188. The third-order valence-electron chi connectivity index (χ3n) is 6.25. The lowest BCUT2D eigenvalue weighted by atomic mass is 10.1. The predicted octanol–water partition coefficient (Wildman–Crippen LogP) is 3.37. The first-order valence-corrected chi connectivity index (χ1v) is 11.1. The van der Waals surface area contributed by atoms with Gasteiger partial charge in [-0.25, -0.2) is 4.98 Å². The Morgan fingerprint density at radius 3 is 2.23 bits per heavy atom. The highest BCUT2D eigenvalue weighted by molar-refractivity contribution is 5.81. The van der Waals surface area contributed by atoms with Crippen LogP contribution in [0, 0.1) is 5.92 Å². The Labute approximate surface area is 177 Å². The van der Waals surface area contributed by atoms with Crippen LogP contribution in [0.4, 0.5) is 5.82 Å². The van der Waals surface area contributed by atoms with E-state index in [1.165, 1.54) is 0 Å². The van der Waals surface area contributed by atoms with Crippen molar-refractivity contribution < 1.29 is 14.3 Å². The summed E-state index contributed by atoms with van der Waals surface area (Å²) >= 11 is 0. The SMILES string of the molecule is O=C(C1CC1)N1CCC(Oc2ccc(-c3ccc(N4CCOCC4)nc3)cc2)CC1. The van der Waals surface area contributed by atoms with Crippen molar-refractivity contribution in [3.63, 3.8) is 0 Å². The molecule has 6 heteroatoms. The summed E-state index contributed by atoms with van der Waals surface area (Å²) in [6.07, 6.45) is 6.10. The van der Waals surface area contributed by atoms with E-state index in [0.717, 1.165) is 87.8 Å². The molecule has 30 heavy (non-hydrogen) atoms. The Kier molecular flexibility index (Phi) is 5.58. The Morgan fingerprint density at radius 2 is 1.60 bits per heavy atom. The highest BCUT2D eigenvalue weighted by Gasteiger charge is 2.35. The normalized spacial score (nSPS) is 20.3. The Hall–Kier alpha value is -2.60. The monoisotopic (exact) mass is 407 g/mol. The van der Waals surface area contributed by atoms with Crippen LogP contribution in [0.5, 0.6) is 5.75 Å². The number of nitrogens with zero attached hydrogens (tertiary/aromatic N) is 3. The lowest BCUT2D eigenvalue weighted by Gasteiger charge is -2.32. The van der Waals surface area contributed by atoms with Crippen LogP contribution in [0.1, 0.15) is 25.7 Å². The first-order chi connectivity index (χ1) is 14.8. The number of carbonyl (C=O) groups is 1. The summed E-state index contributed by atoms with van der Waals surface area (Å²) in [6.45, 7) is 4.96. The van der Waals surface area contributed by atoms with Crippen LogP contribution < -0.4 is 9.64 Å². The molecule has 3 fully saturated rings. The van der Waals surface area contributed by atoms with Gasteiger partial charge >= 0.3 is 0 Å². The molecule has 0 spiro atoms. The Bertz CT molecular complexity index is 850. The third-order valence-corrected chi connectivity index (χ3v) is 6.25. The van der Waals surface area contributed by atoms with Gasteiger partial charge in [0.1, 0.15) is 17.7 Å². The minimum atomic E-state index is 0.188. The van der Waals surface area contributed by atoms with Crippen molar-refractivity contribution in [2.45, 2.75) is 31.8 Å². The van der Waals surface area contributed by atoms with Crippen molar-refractivity contribution in [1.82, 2.24) is 9.88 Å². The maximum atomic E-state index is 12.2. The largest absolute Gasteiger partial charge is 0.490 e. The molecule has 5 rings (SSSR count). The molecule has 3 aliphatic rings. The summed E-state index contributed by atoms with van der Waals surface area (Å²) in [5.41, 5.74) is 2.23. The molecule has 0 atom stereocenters. The zero-order chi connectivity index (χ0) is 20.3. The predicted molar refractivity (Wildman–Crippen MR) is 116 cm³/mol. The van der Waals surface area contributed by atoms with Crippen LogP contribution in [-0.2, 0) is 9.53 Å². The quantitative estimate of drug-likeness (QED) is 0.761. The minimum Gasteiger partial charge on any atom is -0.490 e. The fourth-order valence-electron chi connectivity index (χ4n) is 4.24. The molecule has 2 aromatic rings. The van der Waals surface area contributed by atoms with Gasteiger partial charge in [0.15, 0.2) is 0 Å². The standard InChI is InChI=1S/C24H29N3O3/c28-24(19-1-2-19)27-11-9-22(10-12-27)30-21-6-3-18(4-7-21)20-5-8-23(25-17-20)26-13-15-29-16-14-26/h3-8,17,19,22H,1-2,9-16H2. The molecule has 1 aromatic carbocycles. The molecular formula is C24H29N3O3. The van der Waals surface area contributed by atoms with Crippen molar-refractivity contribution in [1.29, 1.82) is 0 Å². The number of benzene rings is 1. The lowest BCUT2D eigenvalue weighted by molar-refractivity contribution is -0.134. The van der Waals surface area contributed by atoms with E-state index < -0.39 is 0 Å². The van der Waals surface area contributed by atoms with Gasteiger partial charge in [0.05, 0.1) is 13.2 Å². The molecule has 0 radical (unpaired) electrons. The number of hydrogen-bond acceptors (Lipinski definition) is 5. The highest BCUT2D eigenvalue weighted by atomic mass is 16.5. The fourth-order valence-corrected chi connectivity index (χ4v) is 4.24. The number of ether oxygens (including phenoxy) is 2. The number of aromatic nitrogens is 1. The second-order valence-electron chi connectivity index (χ2n) is 8.45. The van der Waals surface area contributed by atoms with E-state index in [1.807, 2.05) is 23.2 Å². The molecule has 6 nitrogen and oxygen atoms in total. The molecule has 1 amide bonds. The molecular weight excluding hydrogens is 378 g/mol. The Morgan fingerprint density at radius 1 is 0.900 bits per heavy atom. The summed E-state index contributed by atoms with van der Waals surface area (Å²) in [7, 11) is 0. The van der Waals surface area contributed by atoms with Gasteiger partial charge in [0.2, 0.25) is 5.91 Å². The number of carbonyl (C=O) groups excluding carboxylic acids is 1. The Balaban J connectivity index is 1.15. The molecule has 2 aliphatic heterocycles. The summed E-state index contributed by atoms with van der Waals surface area (Å²) in [5, 5.41) is 0. The van der Waals surface area contributed by atoms with Crippen molar-refractivity contribution in [3.05, 3.63) is 42.6 Å². The first kappa shape index (κ1) is 19.4. The zero-order valence-corrected chi connectivity index (χ0v) is 17.3. The van der Waals surface area contributed by atoms with Crippen molar-refractivity contribution >= 4 is 11.7 Å². The summed E-state index contributed by atoms with van der Waals surface area (Å²) in [6, 6.07) is 12.5. The third kappa shape index (κ3) is 4.43. The van der Waals surface area contributed by atoms with Crippen molar-refractivity contribution in [2.75, 3.05) is 44.3 Å². The van der Waals surface area contributed by atoms with Crippen LogP contribution >= 0.6 is 0 Å². The average Bonchev–Trinajstić information content (AvgIpc) is 3.66. The van der Waals surface area contributed by atoms with E-state index in [1.54, 1.807) is 0 Å². The number of morpholine rings is 1. The van der Waals surface area contributed by atoms with Gasteiger partial charge in [-0.2, -0.15) is 0 Å². The van der Waals surface area contributed by atoms with Gasteiger partial charge in [0.25, 0.3) is 0 Å². The highest BCUT2D eigenvalue weighted by Crippen LogP contribution is 2.32. The summed E-state index contributed by atoms with van der Waals surface area (Å²) in [4.78, 5) is 21.1.